The van der Waals surface area contributed by atoms with Gasteiger partial charge < -0.3 is 15.4 Å². The van der Waals surface area contributed by atoms with Gasteiger partial charge in [-0.3, -0.25) is 0 Å². The van der Waals surface area contributed by atoms with Crippen molar-refractivity contribution in [3.63, 3.8) is 0 Å². The Morgan fingerprint density at radius 3 is 2.62 bits per heavy atom. The zero-order valence-electron chi connectivity index (χ0n) is 12.5. The quantitative estimate of drug-likeness (QED) is 0.866. The number of hydrogen-bond donors (Lipinski definition) is 1. The van der Waals surface area contributed by atoms with Gasteiger partial charge in [-0.1, -0.05) is 34.1 Å². The minimum atomic E-state index is 0.645. The second kappa shape index (κ2) is 7.48. The lowest BCUT2D eigenvalue weighted by molar-refractivity contribution is 0.409. The summed E-state index contributed by atoms with van der Waals surface area (Å²) < 4.78 is 6.51. The van der Waals surface area contributed by atoms with Crippen molar-refractivity contribution in [1.82, 2.24) is 0 Å². The number of para-hydroxylation sites is 1. The van der Waals surface area contributed by atoms with E-state index in [0.717, 1.165) is 23.2 Å². The van der Waals surface area contributed by atoms with Crippen LogP contribution >= 0.6 is 15.9 Å². The topological polar surface area (TPSA) is 38.5 Å². The van der Waals surface area contributed by atoms with Gasteiger partial charge in [0, 0.05) is 29.3 Å². The highest BCUT2D eigenvalue weighted by molar-refractivity contribution is 9.10. The molecule has 0 aromatic heterocycles. The van der Waals surface area contributed by atoms with E-state index in [4.69, 9.17) is 10.5 Å². The van der Waals surface area contributed by atoms with Crippen molar-refractivity contribution in [2.24, 2.45) is 5.73 Å². The SMILES string of the molecule is COc1ccccc1CN(C)c1ccc(Br)cc1CCN. The highest BCUT2D eigenvalue weighted by atomic mass is 79.9. The molecule has 0 aliphatic heterocycles. The molecule has 0 aliphatic carbocycles. The van der Waals surface area contributed by atoms with Crippen LogP contribution in [0.4, 0.5) is 5.69 Å². The maximum absolute atomic E-state index is 5.72. The zero-order chi connectivity index (χ0) is 15.2. The molecule has 0 aliphatic rings. The molecule has 0 unspecified atom stereocenters. The van der Waals surface area contributed by atoms with Crippen molar-refractivity contribution < 1.29 is 4.74 Å². The van der Waals surface area contributed by atoms with Gasteiger partial charge in [0.05, 0.1) is 7.11 Å². The number of hydrogen-bond acceptors (Lipinski definition) is 3. The Bertz CT molecular complexity index is 601. The van der Waals surface area contributed by atoms with E-state index >= 15 is 0 Å². The summed E-state index contributed by atoms with van der Waals surface area (Å²) in [5.74, 6) is 0.918. The maximum atomic E-state index is 5.72. The fourth-order valence-electron chi connectivity index (χ4n) is 2.46. The van der Waals surface area contributed by atoms with Crippen LogP contribution in [0.1, 0.15) is 11.1 Å². The summed E-state index contributed by atoms with van der Waals surface area (Å²) in [5, 5.41) is 0. The summed E-state index contributed by atoms with van der Waals surface area (Å²) in [7, 11) is 3.80. The third kappa shape index (κ3) is 3.99. The molecule has 0 fully saturated rings. The number of nitrogens with zero attached hydrogens (tertiary/aromatic N) is 1. The monoisotopic (exact) mass is 348 g/mol. The summed E-state index contributed by atoms with van der Waals surface area (Å²) in [6.07, 6.45) is 0.866. The first-order valence-corrected chi connectivity index (χ1v) is 7.76. The van der Waals surface area contributed by atoms with Crippen LogP contribution in [0.15, 0.2) is 46.9 Å². The molecule has 2 aromatic carbocycles. The lowest BCUT2D eigenvalue weighted by Gasteiger charge is -2.23. The average molecular weight is 349 g/mol. The van der Waals surface area contributed by atoms with Gasteiger partial charge in [0.25, 0.3) is 0 Å². The van der Waals surface area contributed by atoms with Crippen LogP contribution in [0, 0.1) is 0 Å². The Balaban J connectivity index is 2.25. The standard InChI is InChI=1S/C17H21BrN2O/c1-20(12-14-5-3-4-6-17(14)21-2)16-8-7-15(18)11-13(16)9-10-19/h3-8,11H,9-10,12,19H2,1-2H3. The Hall–Kier alpha value is -1.52. The van der Waals surface area contributed by atoms with Crippen LogP contribution in [0.3, 0.4) is 0 Å². The number of benzene rings is 2. The number of anilines is 1. The van der Waals surface area contributed by atoms with Crippen LogP contribution in [0.2, 0.25) is 0 Å². The molecule has 0 saturated heterocycles. The highest BCUT2D eigenvalue weighted by Gasteiger charge is 2.10. The van der Waals surface area contributed by atoms with E-state index in [9.17, 15) is 0 Å². The number of ether oxygens (including phenoxy) is 1. The summed E-state index contributed by atoms with van der Waals surface area (Å²) in [4.78, 5) is 2.23. The van der Waals surface area contributed by atoms with Crippen molar-refractivity contribution in [3.8, 4) is 5.75 Å². The minimum Gasteiger partial charge on any atom is -0.496 e. The molecule has 21 heavy (non-hydrogen) atoms. The van der Waals surface area contributed by atoms with Crippen LogP contribution in [-0.4, -0.2) is 20.7 Å². The molecule has 0 radical (unpaired) electrons. The van der Waals surface area contributed by atoms with Crippen molar-refractivity contribution in [2.45, 2.75) is 13.0 Å². The Kier molecular flexibility index (Phi) is 5.65. The first-order valence-electron chi connectivity index (χ1n) is 6.97. The van der Waals surface area contributed by atoms with E-state index in [1.807, 2.05) is 18.2 Å². The Morgan fingerprint density at radius 2 is 1.90 bits per heavy atom. The van der Waals surface area contributed by atoms with Crippen LogP contribution in [-0.2, 0) is 13.0 Å². The van der Waals surface area contributed by atoms with E-state index in [0.29, 0.717) is 6.54 Å². The molecule has 0 saturated carbocycles. The molecule has 2 aromatic rings. The van der Waals surface area contributed by atoms with Gasteiger partial charge in [-0.05, 0) is 42.8 Å². The molecular weight excluding hydrogens is 328 g/mol. The number of methoxy groups -OCH3 is 1. The number of nitrogens with two attached hydrogens (primary N) is 1. The third-order valence-corrected chi connectivity index (χ3v) is 3.96. The van der Waals surface area contributed by atoms with Gasteiger partial charge in [0.1, 0.15) is 5.75 Å². The van der Waals surface area contributed by atoms with Gasteiger partial charge >= 0.3 is 0 Å². The summed E-state index contributed by atoms with van der Waals surface area (Å²) >= 11 is 3.53. The molecule has 0 spiro atoms. The predicted molar refractivity (Wildman–Crippen MR) is 92.0 cm³/mol. The van der Waals surface area contributed by atoms with Crippen molar-refractivity contribution in [1.29, 1.82) is 0 Å². The van der Waals surface area contributed by atoms with Crippen molar-refractivity contribution in [2.75, 3.05) is 25.6 Å². The van der Waals surface area contributed by atoms with Crippen LogP contribution < -0.4 is 15.4 Å². The van der Waals surface area contributed by atoms with E-state index in [1.54, 1.807) is 7.11 Å². The molecule has 0 heterocycles. The van der Waals surface area contributed by atoms with E-state index in [1.165, 1.54) is 16.8 Å². The van der Waals surface area contributed by atoms with Crippen LogP contribution in [0.5, 0.6) is 5.75 Å². The third-order valence-electron chi connectivity index (χ3n) is 3.47. The van der Waals surface area contributed by atoms with E-state index in [2.05, 4.69) is 52.1 Å². The zero-order valence-corrected chi connectivity index (χ0v) is 14.1. The average Bonchev–Trinajstić information content (AvgIpc) is 2.48. The summed E-state index contributed by atoms with van der Waals surface area (Å²) in [6, 6.07) is 14.4. The van der Waals surface area contributed by atoms with Gasteiger partial charge in [-0.15, -0.1) is 0 Å². The van der Waals surface area contributed by atoms with E-state index in [-0.39, 0.29) is 0 Å². The lowest BCUT2D eigenvalue weighted by Crippen LogP contribution is -2.19. The molecule has 112 valence electrons. The Morgan fingerprint density at radius 1 is 1.14 bits per heavy atom. The molecule has 2 N–H and O–H groups in total. The fourth-order valence-corrected chi connectivity index (χ4v) is 2.86. The minimum absolute atomic E-state index is 0.645. The van der Waals surface area contributed by atoms with Gasteiger partial charge in [0.2, 0.25) is 0 Å². The van der Waals surface area contributed by atoms with Crippen molar-refractivity contribution in [3.05, 3.63) is 58.1 Å². The van der Waals surface area contributed by atoms with Crippen LogP contribution in [0.25, 0.3) is 0 Å². The lowest BCUT2D eigenvalue weighted by atomic mass is 10.1. The van der Waals surface area contributed by atoms with E-state index < -0.39 is 0 Å². The second-order valence-corrected chi connectivity index (χ2v) is 5.90. The summed E-state index contributed by atoms with van der Waals surface area (Å²) in [5.41, 5.74) is 9.35. The summed E-state index contributed by atoms with van der Waals surface area (Å²) in [6.45, 7) is 1.44. The molecule has 3 nitrogen and oxygen atoms in total. The van der Waals surface area contributed by atoms with Gasteiger partial charge in [-0.2, -0.15) is 0 Å². The van der Waals surface area contributed by atoms with Crippen molar-refractivity contribution >= 4 is 21.6 Å². The highest BCUT2D eigenvalue weighted by Crippen LogP contribution is 2.27. The second-order valence-electron chi connectivity index (χ2n) is 4.98. The number of rotatable bonds is 6. The first-order chi connectivity index (χ1) is 10.2. The largest absolute Gasteiger partial charge is 0.496 e. The fraction of sp³-hybridized carbons (Fsp3) is 0.294. The smallest absolute Gasteiger partial charge is 0.123 e. The molecule has 4 heteroatoms. The maximum Gasteiger partial charge on any atom is 0.123 e. The molecular formula is C17H21BrN2O. The molecule has 0 bridgehead atoms. The first kappa shape index (κ1) is 15.9. The Labute approximate surface area is 134 Å². The molecule has 0 amide bonds. The molecule has 2 rings (SSSR count). The number of halogens is 1. The van der Waals surface area contributed by atoms with Gasteiger partial charge in [-0.25, -0.2) is 0 Å². The normalized spacial score (nSPS) is 10.5. The van der Waals surface area contributed by atoms with Gasteiger partial charge in [0.15, 0.2) is 0 Å². The molecule has 0 atom stereocenters. The predicted octanol–water partition coefficient (Wildman–Crippen LogP) is 3.60.